The first-order chi connectivity index (χ1) is 6.49. The van der Waals surface area contributed by atoms with Crippen LogP contribution in [0.4, 0.5) is 0 Å². The number of carboxylic acid groups (broad SMARTS) is 1. The molecule has 1 aliphatic rings. The molecule has 0 bridgehead atoms. The maximum Gasteiger partial charge on any atom is 0.309 e. The minimum Gasteiger partial charge on any atom is -0.481 e. The van der Waals surface area contributed by atoms with E-state index in [2.05, 4.69) is 0 Å². The van der Waals surface area contributed by atoms with Crippen LogP contribution in [-0.2, 0) is 9.59 Å². The van der Waals surface area contributed by atoms with Gasteiger partial charge in [0.2, 0.25) is 0 Å². The fraction of sp³-hybridized carbons (Fsp3) is 0.818. The van der Waals surface area contributed by atoms with Crippen LogP contribution >= 0.6 is 0 Å². The van der Waals surface area contributed by atoms with E-state index in [1.807, 2.05) is 6.92 Å². The normalized spacial score (nSPS) is 32.6. The number of carbonyl (C=O) groups is 2. The molecule has 0 spiro atoms. The highest BCUT2D eigenvalue weighted by Gasteiger charge is 2.38. The van der Waals surface area contributed by atoms with E-state index in [4.69, 9.17) is 5.11 Å². The number of carbonyl (C=O) groups excluding carboxylic acids is 1. The van der Waals surface area contributed by atoms with Crippen molar-refractivity contribution < 1.29 is 14.7 Å². The Balaban J connectivity index is 2.54. The highest BCUT2D eigenvalue weighted by Crippen LogP contribution is 2.39. The van der Waals surface area contributed by atoms with Crippen LogP contribution in [0.3, 0.4) is 0 Å². The lowest BCUT2D eigenvalue weighted by Gasteiger charge is -2.33. The van der Waals surface area contributed by atoms with E-state index in [-0.39, 0.29) is 11.7 Å². The summed E-state index contributed by atoms with van der Waals surface area (Å²) in [5.41, 5.74) is -0.593. The van der Waals surface area contributed by atoms with Crippen LogP contribution in [0, 0.1) is 11.3 Å². The van der Waals surface area contributed by atoms with Crippen molar-refractivity contribution in [3.05, 3.63) is 0 Å². The maximum atomic E-state index is 11.4. The summed E-state index contributed by atoms with van der Waals surface area (Å²) in [6.45, 7) is 3.65. The third-order valence-corrected chi connectivity index (χ3v) is 3.41. The predicted octanol–water partition coefficient (Wildman–Crippen LogP) is 2.25. The Hall–Kier alpha value is -0.860. The largest absolute Gasteiger partial charge is 0.481 e. The molecule has 0 amide bonds. The number of carboxylic acids is 1. The van der Waals surface area contributed by atoms with Gasteiger partial charge in [0, 0.05) is 12.3 Å². The second-order valence-electron chi connectivity index (χ2n) is 4.46. The van der Waals surface area contributed by atoms with E-state index >= 15 is 0 Å². The summed E-state index contributed by atoms with van der Waals surface area (Å²) in [5, 5.41) is 8.99. The van der Waals surface area contributed by atoms with Gasteiger partial charge in [-0.05, 0) is 32.6 Å². The van der Waals surface area contributed by atoms with Gasteiger partial charge in [0.15, 0.2) is 0 Å². The summed E-state index contributed by atoms with van der Waals surface area (Å²) in [5.74, 6) is -0.315. The van der Waals surface area contributed by atoms with Gasteiger partial charge in [-0.15, -0.1) is 0 Å². The lowest BCUT2D eigenvalue weighted by molar-refractivity contribution is -0.151. The molecule has 1 N–H and O–H groups in total. The Morgan fingerprint density at radius 3 is 2.21 bits per heavy atom. The van der Waals surface area contributed by atoms with E-state index in [0.717, 1.165) is 12.8 Å². The zero-order chi connectivity index (χ0) is 10.8. The molecule has 0 radical (unpaired) electrons. The van der Waals surface area contributed by atoms with E-state index in [1.165, 1.54) is 0 Å². The second-order valence-corrected chi connectivity index (χ2v) is 4.46. The summed E-state index contributed by atoms with van der Waals surface area (Å²) in [6.07, 6.45) is 3.34. The summed E-state index contributed by atoms with van der Waals surface area (Å²) in [7, 11) is 0. The highest BCUT2D eigenvalue weighted by molar-refractivity contribution is 5.81. The van der Waals surface area contributed by atoms with Crippen LogP contribution in [0.2, 0.25) is 0 Å². The van der Waals surface area contributed by atoms with Gasteiger partial charge in [0.05, 0.1) is 5.41 Å². The molecule has 1 aliphatic carbocycles. The van der Waals surface area contributed by atoms with Gasteiger partial charge in [0.1, 0.15) is 5.78 Å². The Bertz CT molecular complexity index is 237. The number of hydrogen-bond donors (Lipinski definition) is 1. The zero-order valence-corrected chi connectivity index (χ0v) is 8.88. The summed E-state index contributed by atoms with van der Waals surface area (Å²) >= 11 is 0. The molecule has 14 heavy (non-hydrogen) atoms. The first-order valence-corrected chi connectivity index (χ1v) is 5.25. The molecule has 0 aromatic rings. The van der Waals surface area contributed by atoms with Crippen molar-refractivity contribution >= 4 is 11.8 Å². The quantitative estimate of drug-likeness (QED) is 0.756. The standard InChI is InChI=1S/C11H18O3/c1-3-9(12)8-4-6-11(2,7-5-8)10(13)14/h8H,3-7H2,1-2H3,(H,13,14). The van der Waals surface area contributed by atoms with Crippen molar-refractivity contribution in [1.29, 1.82) is 0 Å². The summed E-state index contributed by atoms with van der Waals surface area (Å²) in [4.78, 5) is 22.3. The monoisotopic (exact) mass is 198 g/mol. The van der Waals surface area contributed by atoms with Crippen molar-refractivity contribution in [3.8, 4) is 0 Å². The number of ketones is 1. The maximum absolute atomic E-state index is 11.4. The van der Waals surface area contributed by atoms with E-state index in [0.29, 0.717) is 19.3 Å². The molecule has 1 fully saturated rings. The highest BCUT2D eigenvalue weighted by atomic mass is 16.4. The molecule has 0 aromatic heterocycles. The minimum absolute atomic E-state index is 0.118. The van der Waals surface area contributed by atoms with Crippen molar-refractivity contribution in [3.63, 3.8) is 0 Å². The Labute approximate surface area is 84.5 Å². The summed E-state index contributed by atoms with van der Waals surface area (Å²) in [6, 6.07) is 0. The first kappa shape index (κ1) is 11.2. The third kappa shape index (κ3) is 2.14. The minimum atomic E-state index is -0.722. The van der Waals surface area contributed by atoms with Gasteiger partial charge in [0.25, 0.3) is 0 Å². The fourth-order valence-corrected chi connectivity index (χ4v) is 2.08. The molecule has 0 heterocycles. The number of hydrogen-bond acceptors (Lipinski definition) is 2. The molecule has 1 rings (SSSR count). The number of rotatable bonds is 3. The molecule has 0 unspecified atom stereocenters. The Morgan fingerprint density at radius 1 is 1.36 bits per heavy atom. The van der Waals surface area contributed by atoms with Crippen molar-refractivity contribution in [2.24, 2.45) is 11.3 Å². The van der Waals surface area contributed by atoms with Crippen LogP contribution in [0.15, 0.2) is 0 Å². The third-order valence-electron chi connectivity index (χ3n) is 3.41. The Kier molecular flexibility index (Phi) is 3.29. The van der Waals surface area contributed by atoms with Gasteiger partial charge < -0.3 is 5.11 Å². The van der Waals surface area contributed by atoms with Crippen LogP contribution in [0.5, 0.6) is 0 Å². The molecule has 0 saturated heterocycles. The van der Waals surface area contributed by atoms with Crippen molar-refractivity contribution in [2.75, 3.05) is 0 Å². The van der Waals surface area contributed by atoms with Gasteiger partial charge >= 0.3 is 5.97 Å². The van der Waals surface area contributed by atoms with E-state index in [9.17, 15) is 9.59 Å². The molecular formula is C11H18O3. The van der Waals surface area contributed by atoms with E-state index in [1.54, 1.807) is 6.92 Å². The smallest absolute Gasteiger partial charge is 0.309 e. The van der Waals surface area contributed by atoms with Gasteiger partial charge in [-0.1, -0.05) is 6.92 Å². The molecule has 3 heteroatoms. The predicted molar refractivity (Wildman–Crippen MR) is 53.0 cm³/mol. The van der Waals surface area contributed by atoms with Crippen molar-refractivity contribution in [1.82, 2.24) is 0 Å². The Morgan fingerprint density at radius 2 is 1.86 bits per heavy atom. The lowest BCUT2D eigenvalue weighted by Crippen LogP contribution is -2.34. The molecule has 80 valence electrons. The van der Waals surface area contributed by atoms with Gasteiger partial charge in [-0.2, -0.15) is 0 Å². The zero-order valence-electron chi connectivity index (χ0n) is 8.88. The van der Waals surface area contributed by atoms with Gasteiger partial charge in [-0.3, -0.25) is 9.59 Å². The van der Waals surface area contributed by atoms with Crippen molar-refractivity contribution in [2.45, 2.75) is 46.0 Å². The van der Waals surface area contributed by atoms with Crippen LogP contribution in [0.25, 0.3) is 0 Å². The van der Waals surface area contributed by atoms with E-state index < -0.39 is 11.4 Å². The fourth-order valence-electron chi connectivity index (χ4n) is 2.08. The lowest BCUT2D eigenvalue weighted by atomic mass is 9.70. The molecular weight excluding hydrogens is 180 g/mol. The van der Waals surface area contributed by atoms with Crippen LogP contribution in [0.1, 0.15) is 46.0 Å². The molecule has 0 aromatic carbocycles. The van der Waals surface area contributed by atoms with Gasteiger partial charge in [-0.25, -0.2) is 0 Å². The second kappa shape index (κ2) is 4.11. The number of Topliss-reactive ketones (excluding diaryl/α,β-unsaturated/α-hetero) is 1. The molecule has 3 nitrogen and oxygen atoms in total. The number of aliphatic carboxylic acids is 1. The summed E-state index contributed by atoms with van der Waals surface area (Å²) < 4.78 is 0. The van der Waals surface area contributed by atoms with Crippen LogP contribution < -0.4 is 0 Å². The molecule has 1 saturated carbocycles. The molecule has 0 aliphatic heterocycles. The average Bonchev–Trinajstić information content (AvgIpc) is 2.17. The average molecular weight is 198 g/mol. The molecule has 0 atom stereocenters. The first-order valence-electron chi connectivity index (χ1n) is 5.25. The van der Waals surface area contributed by atoms with Crippen LogP contribution in [-0.4, -0.2) is 16.9 Å². The SMILES string of the molecule is CCC(=O)C1CCC(C)(C(=O)O)CC1. The topological polar surface area (TPSA) is 54.4 Å².